The summed E-state index contributed by atoms with van der Waals surface area (Å²) in [7, 11) is 1.69. The molecule has 3 aromatic rings. The molecule has 0 radical (unpaired) electrons. The first-order valence-corrected chi connectivity index (χ1v) is 10.8. The van der Waals surface area contributed by atoms with Gasteiger partial charge in [0.15, 0.2) is 0 Å². The summed E-state index contributed by atoms with van der Waals surface area (Å²) in [6.07, 6.45) is 4.59. The number of amides is 1. The van der Waals surface area contributed by atoms with Gasteiger partial charge in [-0.15, -0.1) is 0 Å². The molecule has 0 bridgehead atoms. The number of aromatic nitrogens is 2. The van der Waals surface area contributed by atoms with E-state index in [9.17, 15) is 9.90 Å². The lowest BCUT2D eigenvalue weighted by atomic mass is 9.79. The van der Waals surface area contributed by atoms with Crippen molar-refractivity contribution in [2.75, 3.05) is 33.3 Å². The highest BCUT2D eigenvalue weighted by atomic mass is 16.5. The molecule has 2 heterocycles. The highest BCUT2D eigenvalue weighted by molar-refractivity contribution is 5.99. The van der Waals surface area contributed by atoms with Gasteiger partial charge in [0.1, 0.15) is 18.5 Å². The van der Waals surface area contributed by atoms with Crippen molar-refractivity contribution >= 4 is 16.7 Å². The summed E-state index contributed by atoms with van der Waals surface area (Å²) in [5.41, 5.74) is 1.60. The first-order valence-electron chi connectivity index (χ1n) is 10.8. The average Bonchev–Trinajstić information content (AvgIpc) is 3.32. The second-order valence-electron chi connectivity index (χ2n) is 8.55. The predicted molar refractivity (Wildman–Crippen MR) is 121 cm³/mol. The molecule has 1 saturated heterocycles. The number of hydrogen-bond acceptors (Lipinski definition) is 5. The number of likely N-dealkylation sites (tertiary alicyclic amines) is 1. The molecule has 0 aliphatic carbocycles. The van der Waals surface area contributed by atoms with Gasteiger partial charge in [-0.1, -0.05) is 37.3 Å². The molecule has 7 heteroatoms. The second kappa shape index (κ2) is 9.08. The van der Waals surface area contributed by atoms with Crippen LogP contribution in [0.1, 0.15) is 19.8 Å². The number of carbonyl (C=O) groups is 1. The first-order chi connectivity index (χ1) is 15.0. The number of benzene rings is 2. The molecule has 1 fully saturated rings. The normalized spacial score (nSPS) is 17.4. The minimum Gasteiger partial charge on any atom is -0.490 e. The summed E-state index contributed by atoms with van der Waals surface area (Å²) in [6, 6.07) is 12.1. The second-order valence-corrected chi connectivity index (χ2v) is 8.55. The van der Waals surface area contributed by atoms with Crippen LogP contribution in [0.3, 0.4) is 0 Å². The molecule has 1 unspecified atom stereocenters. The molecule has 3 N–H and O–H groups in total. The van der Waals surface area contributed by atoms with Crippen LogP contribution in [0.2, 0.25) is 0 Å². The maximum absolute atomic E-state index is 12.1. The van der Waals surface area contributed by atoms with E-state index in [1.54, 1.807) is 13.2 Å². The van der Waals surface area contributed by atoms with Crippen LogP contribution in [0.4, 0.5) is 0 Å². The molecule has 1 amide bonds. The van der Waals surface area contributed by atoms with Crippen molar-refractivity contribution < 1.29 is 14.6 Å². The number of ether oxygens (including phenoxy) is 1. The SMILES string of the molecule is CNC(=O)C1(C)CCN(CC(O)COc2ccc3ccccc3c2-c2cn[nH]c2)CC1. The van der Waals surface area contributed by atoms with E-state index in [0.717, 1.165) is 53.6 Å². The molecule has 7 nitrogen and oxygen atoms in total. The van der Waals surface area contributed by atoms with Crippen molar-refractivity contribution in [1.82, 2.24) is 20.4 Å². The molecule has 164 valence electrons. The highest BCUT2D eigenvalue weighted by Gasteiger charge is 2.36. The molecule has 1 aromatic heterocycles. The number of piperidine rings is 1. The van der Waals surface area contributed by atoms with E-state index in [2.05, 4.69) is 32.5 Å². The Morgan fingerprint density at radius 1 is 1.29 bits per heavy atom. The van der Waals surface area contributed by atoms with Crippen LogP contribution in [0, 0.1) is 5.41 Å². The predicted octanol–water partition coefficient (Wildman–Crippen LogP) is 2.82. The lowest BCUT2D eigenvalue weighted by Gasteiger charge is -2.38. The van der Waals surface area contributed by atoms with Crippen LogP contribution in [0.15, 0.2) is 48.8 Å². The van der Waals surface area contributed by atoms with Gasteiger partial charge in [0.05, 0.1) is 6.20 Å². The third kappa shape index (κ3) is 4.57. The molecule has 1 atom stereocenters. The molecule has 0 spiro atoms. The summed E-state index contributed by atoms with van der Waals surface area (Å²) < 4.78 is 6.09. The fourth-order valence-corrected chi connectivity index (χ4v) is 4.35. The lowest BCUT2D eigenvalue weighted by Crippen LogP contribution is -2.48. The molecule has 2 aromatic carbocycles. The Labute approximate surface area is 182 Å². The Morgan fingerprint density at radius 3 is 2.77 bits per heavy atom. The number of aliphatic hydroxyl groups excluding tert-OH is 1. The third-order valence-electron chi connectivity index (χ3n) is 6.31. The number of fused-ring (bicyclic) bond motifs is 1. The monoisotopic (exact) mass is 422 g/mol. The standard InChI is InChI=1S/C24H30N4O3/c1-24(23(30)25-2)9-11-28(12-10-24)15-19(29)16-31-21-8-7-17-5-3-4-6-20(17)22(21)18-13-26-27-14-18/h3-8,13-14,19,29H,9-12,15-16H2,1-2H3,(H,25,30)(H,26,27). The Bertz CT molecular complexity index is 1030. The summed E-state index contributed by atoms with van der Waals surface area (Å²) in [4.78, 5) is 14.3. The van der Waals surface area contributed by atoms with Crippen LogP contribution in [0.25, 0.3) is 21.9 Å². The Morgan fingerprint density at radius 2 is 2.06 bits per heavy atom. The zero-order valence-electron chi connectivity index (χ0n) is 18.1. The van der Waals surface area contributed by atoms with Crippen molar-refractivity contribution in [2.45, 2.75) is 25.9 Å². The van der Waals surface area contributed by atoms with E-state index in [4.69, 9.17) is 4.74 Å². The van der Waals surface area contributed by atoms with Crippen LogP contribution in [-0.4, -0.2) is 65.5 Å². The van der Waals surface area contributed by atoms with Crippen molar-refractivity contribution in [3.63, 3.8) is 0 Å². The number of aromatic amines is 1. The van der Waals surface area contributed by atoms with E-state index in [0.29, 0.717) is 6.54 Å². The van der Waals surface area contributed by atoms with Gasteiger partial charge in [0.25, 0.3) is 0 Å². The summed E-state index contributed by atoms with van der Waals surface area (Å²) >= 11 is 0. The number of β-amino-alcohol motifs (C(OH)–C–C–N with tert-alkyl or cyclic N) is 1. The van der Waals surface area contributed by atoms with Crippen LogP contribution >= 0.6 is 0 Å². The quantitative estimate of drug-likeness (QED) is 0.545. The topological polar surface area (TPSA) is 90.5 Å². The Balaban J connectivity index is 1.41. The molecule has 31 heavy (non-hydrogen) atoms. The summed E-state index contributed by atoms with van der Waals surface area (Å²) in [5, 5.41) is 22.5. The number of H-pyrrole nitrogens is 1. The van der Waals surface area contributed by atoms with E-state index >= 15 is 0 Å². The Kier molecular flexibility index (Phi) is 6.25. The van der Waals surface area contributed by atoms with Crippen molar-refractivity contribution in [1.29, 1.82) is 0 Å². The zero-order valence-corrected chi connectivity index (χ0v) is 18.1. The van der Waals surface area contributed by atoms with Crippen LogP contribution < -0.4 is 10.1 Å². The minimum absolute atomic E-state index is 0.0964. The number of rotatable bonds is 7. The van der Waals surface area contributed by atoms with Crippen LogP contribution in [0.5, 0.6) is 5.75 Å². The van der Waals surface area contributed by atoms with Crippen molar-refractivity contribution in [3.8, 4) is 16.9 Å². The van der Waals surface area contributed by atoms with E-state index in [1.807, 2.05) is 37.4 Å². The summed E-state index contributed by atoms with van der Waals surface area (Å²) in [5.74, 6) is 0.823. The number of aliphatic hydroxyl groups is 1. The Hall–Kier alpha value is -2.90. The van der Waals surface area contributed by atoms with Gasteiger partial charge in [0.2, 0.25) is 5.91 Å². The smallest absolute Gasteiger partial charge is 0.225 e. The van der Waals surface area contributed by atoms with Gasteiger partial charge in [0, 0.05) is 36.3 Å². The number of nitrogens with zero attached hydrogens (tertiary/aromatic N) is 2. The van der Waals surface area contributed by atoms with Gasteiger partial charge in [-0.3, -0.25) is 9.89 Å². The molecule has 1 aliphatic rings. The van der Waals surface area contributed by atoms with Crippen molar-refractivity contribution in [3.05, 3.63) is 48.8 Å². The van der Waals surface area contributed by atoms with E-state index in [-0.39, 0.29) is 17.9 Å². The van der Waals surface area contributed by atoms with E-state index in [1.165, 1.54) is 0 Å². The fourth-order valence-electron chi connectivity index (χ4n) is 4.35. The minimum atomic E-state index is -0.618. The molecular weight excluding hydrogens is 392 g/mol. The van der Waals surface area contributed by atoms with E-state index < -0.39 is 6.10 Å². The maximum Gasteiger partial charge on any atom is 0.225 e. The fraction of sp³-hybridized carbons (Fsp3) is 0.417. The summed E-state index contributed by atoms with van der Waals surface area (Å²) in [6.45, 7) is 4.32. The van der Waals surface area contributed by atoms with Gasteiger partial charge in [-0.25, -0.2) is 0 Å². The maximum atomic E-state index is 12.1. The third-order valence-corrected chi connectivity index (χ3v) is 6.31. The first kappa shape index (κ1) is 21.3. The zero-order chi connectivity index (χ0) is 21.8. The largest absolute Gasteiger partial charge is 0.490 e. The lowest BCUT2D eigenvalue weighted by molar-refractivity contribution is -0.132. The van der Waals surface area contributed by atoms with Gasteiger partial charge in [-0.05, 0) is 42.8 Å². The average molecular weight is 423 g/mol. The number of hydrogen-bond donors (Lipinski definition) is 3. The number of carbonyl (C=O) groups excluding carboxylic acids is 1. The molecule has 0 saturated carbocycles. The molecule has 4 rings (SSSR count). The highest BCUT2D eigenvalue weighted by Crippen LogP contribution is 2.37. The van der Waals surface area contributed by atoms with Gasteiger partial charge < -0.3 is 20.1 Å². The molecular formula is C24H30N4O3. The number of nitrogens with one attached hydrogen (secondary N) is 2. The van der Waals surface area contributed by atoms with Crippen LogP contribution in [-0.2, 0) is 4.79 Å². The molecule has 1 aliphatic heterocycles. The van der Waals surface area contributed by atoms with Crippen molar-refractivity contribution in [2.24, 2.45) is 5.41 Å². The van der Waals surface area contributed by atoms with Gasteiger partial charge in [-0.2, -0.15) is 5.10 Å². The van der Waals surface area contributed by atoms with Gasteiger partial charge >= 0.3 is 0 Å².